The van der Waals surface area contributed by atoms with Gasteiger partial charge in [0.25, 0.3) is 5.91 Å². The lowest BCUT2D eigenvalue weighted by Gasteiger charge is -2.13. The van der Waals surface area contributed by atoms with E-state index in [4.69, 9.17) is 10.5 Å². The van der Waals surface area contributed by atoms with Gasteiger partial charge in [-0.3, -0.25) is 9.78 Å². The highest BCUT2D eigenvalue weighted by atomic mass is 16.5. The van der Waals surface area contributed by atoms with Crippen LogP contribution in [0, 0.1) is 0 Å². The van der Waals surface area contributed by atoms with Crippen molar-refractivity contribution in [1.82, 2.24) is 4.98 Å². The Labute approximate surface area is 169 Å². The third-order valence-corrected chi connectivity index (χ3v) is 4.31. The summed E-state index contributed by atoms with van der Waals surface area (Å²) in [4.78, 5) is 18.5. The average molecular weight is 392 g/mol. The molecular weight excluding hydrogens is 368 g/mol. The van der Waals surface area contributed by atoms with Crippen LogP contribution in [-0.2, 0) is 6.61 Å². The number of aliphatic hydroxyl groups excluding tert-OH is 1. The summed E-state index contributed by atoms with van der Waals surface area (Å²) in [5.74, 6) is 0.324. The number of hydrogen-bond acceptors (Lipinski definition) is 6. The number of benzene rings is 2. The first kappa shape index (κ1) is 20.3. The highest BCUT2D eigenvalue weighted by Crippen LogP contribution is 2.19. The van der Waals surface area contributed by atoms with Crippen LogP contribution < -0.4 is 20.7 Å². The quantitative estimate of drug-likeness (QED) is 0.535. The van der Waals surface area contributed by atoms with Crippen LogP contribution in [-0.4, -0.2) is 30.1 Å². The Morgan fingerprint density at radius 3 is 2.62 bits per heavy atom. The molecule has 1 amide bonds. The van der Waals surface area contributed by atoms with Gasteiger partial charge in [0.15, 0.2) is 0 Å². The SMILES string of the molecule is CN(C)c1ccc(C(=O)Nc2cccc(COc3cncc(C(N)O)c3)c2)cc1. The molecule has 0 aliphatic heterocycles. The van der Waals surface area contributed by atoms with Crippen LogP contribution >= 0.6 is 0 Å². The highest BCUT2D eigenvalue weighted by Gasteiger charge is 2.08. The van der Waals surface area contributed by atoms with E-state index in [-0.39, 0.29) is 12.5 Å². The smallest absolute Gasteiger partial charge is 0.255 e. The van der Waals surface area contributed by atoms with E-state index in [9.17, 15) is 9.90 Å². The van der Waals surface area contributed by atoms with Crippen molar-refractivity contribution >= 4 is 17.3 Å². The number of amides is 1. The molecule has 0 radical (unpaired) electrons. The zero-order valence-electron chi connectivity index (χ0n) is 16.4. The van der Waals surface area contributed by atoms with E-state index >= 15 is 0 Å². The Morgan fingerprint density at radius 2 is 1.93 bits per heavy atom. The molecule has 1 atom stereocenters. The molecule has 1 heterocycles. The van der Waals surface area contributed by atoms with Crippen molar-refractivity contribution in [2.75, 3.05) is 24.3 Å². The van der Waals surface area contributed by atoms with Gasteiger partial charge >= 0.3 is 0 Å². The summed E-state index contributed by atoms with van der Waals surface area (Å²) in [6.07, 6.45) is 1.93. The molecule has 0 saturated heterocycles. The molecule has 0 fully saturated rings. The lowest BCUT2D eigenvalue weighted by molar-refractivity contribution is 0.102. The molecule has 4 N–H and O–H groups in total. The van der Waals surface area contributed by atoms with E-state index in [0.717, 1.165) is 11.3 Å². The molecule has 1 aromatic heterocycles. The number of aromatic nitrogens is 1. The van der Waals surface area contributed by atoms with E-state index in [0.29, 0.717) is 22.6 Å². The predicted molar refractivity (Wildman–Crippen MR) is 113 cm³/mol. The lowest BCUT2D eigenvalue weighted by Crippen LogP contribution is -2.13. The molecule has 0 aliphatic carbocycles. The molecule has 7 nitrogen and oxygen atoms in total. The van der Waals surface area contributed by atoms with Crippen LogP contribution in [0.1, 0.15) is 27.7 Å². The van der Waals surface area contributed by atoms with Gasteiger partial charge in [-0.1, -0.05) is 12.1 Å². The standard InChI is InChI=1S/C22H24N4O3/c1-26(2)19-8-6-16(7-9-19)22(28)25-18-5-3-4-15(10-18)14-29-20-11-17(21(23)27)12-24-13-20/h3-13,21,27H,14,23H2,1-2H3,(H,25,28). The summed E-state index contributed by atoms with van der Waals surface area (Å²) in [6.45, 7) is 0.285. The molecule has 29 heavy (non-hydrogen) atoms. The molecule has 2 aromatic carbocycles. The normalized spacial score (nSPS) is 11.6. The van der Waals surface area contributed by atoms with E-state index in [2.05, 4.69) is 10.3 Å². The maximum absolute atomic E-state index is 12.5. The van der Waals surface area contributed by atoms with Crippen molar-refractivity contribution in [3.8, 4) is 5.75 Å². The minimum atomic E-state index is -1.10. The molecule has 0 bridgehead atoms. The third kappa shape index (κ3) is 5.54. The van der Waals surface area contributed by atoms with Crippen LogP contribution in [0.5, 0.6) is 5.75 Å². The van der Waals surface area contributed by atoms with E-state index < -0.39 is 6.23 Å². The van der Waals surface area contributed by atoms with Crippen molar-refractivity contribution in [3.05, 3.63) is 83.7 Å². The summed E-state index contributed by atoms with van der Waals surface area (Å²) in [5, 5.41) is 12.3. The Bertz CT molecular complexity index is 972. The lowest BCUT2D eigenvalue weighted by atomic mass is 10.1. The fourth-order valence-electron chi connectivity index (χ4n) is 2.70. The summed E-state index contributed by atoms with van der Waals surface area (Å²) in [5.41, 5.74) is 9.09. The fourth-order valence-corrected chi connectivity index (χ4v) is 2.70. The van der Waals surface area contributed by atoms with Gasteiger partial charge in [0, 0.05) is 42.8 Å². The van der Waals surface area contributed by atoms with Crippen LogP contribution in [0.2, 0.25) is 0 Å². The van der Waals surface area contributed by atoms with Crippen LogP contribution in [0.25, 0.3) is 0 Å². The van der Waals surface area contributed by atoms with E-state index in [1.54, 1.807) is 24.4 Å². The van der Waals surface area contributed by atoms with E-state index in [1.807, 2.05) is 55.4 Å². The number of nitrogens with two attached hydrogens (primary N) is 1. The van der Waals surface area contributed by atoms with Crippen molar-refractivity contribution in [1.29, 1.82) is 0 Å². The first-order chi connectivity index (χ1) is 13.9. The number of nitrogens with zero attached hydrogens (tertiary/aromatic N) is 2. The molecule has 1 unspecified atom stereocenters. The summed E-state index contributed by atoms with van der Waals surface area (Å²) in [7, 11) is 3.90. The number of rotatable bonds is 7. The largest absolute Gasteiger partial charge is 0.487 e. The van der Waals surface area contributed by atoms with Crippen molar-refractivity contribution in [2.24, 2.45) is 5.73 Å². The molecule has 7 heteroatoms. The number of ether oxygens (including phenoxy) is 1. The molecule has 3 rings (SSSR count). The van der Waals surface area contributed by atoms with Crippen LogP contribution in [0.4, 0.5) is 11.4 Å². The molecule has 0 saturated carbocycles. The van der Waals surface area contributed by atoms with Gasteiger partial charge in [0.1, 0.15) is 18.6 Å². The first-order valence-corrected chi connectivity index (χ1v) is 9.11. The number of anilines is 2. The van der Waals surface area contributed by atoms with Gasteiger partial charge < -0.3 is 25.8 Å². The zero-order chi connectivity index (χ0) is 20.8. The number of carbonyl (C=O) groups excluding carboxylic acids is 1. The highest BCUT2D eigenvalue weighted by molar-refractivity contribution is 6.04. The predicted octanol–water partition coefficient (Wildman–Crippen LogP) is 2.93. The zero-order valence-corrected chi connectivity index (χ0v) is 16.4. The second-order valence-electron chi connectivity index (χ2n) is 6.78. The Kier molecular flexibility index (Phi) is 6.43. The van der Waals surface area contributed by atoms with E-state index in [1.165, 1.54) is 6.20 Å². The van der Waals surface area contributed by atoms with Gasteiger partial charge in [0.2, 0.25) is 0 Å². The molecule has 0 aliphatic rings. The fraction of sp³-hybridized carbons (Fsp3) is 0.182. The molecule has 150 valence electrons. The van der Waals surface area contributed by atoms with Crippen LogP contribution in [0.3, 0.4) is 0 Å². The number of carbonyl (C=O) groups is 1. The van der Waals surface area contributed by atoms with Gasteiger partial charge in [-0.25, -0.2) is 0 Å². The van der Waals surface area contributed by atoms with Crippen molar-refractivity contribution in [3.63, 3.8) is 0 Å². The second kappa shape index (κ2) is 9.18. The molecule has 0 spiro atoms. The van der Waals surface area contributed by atoms with Gasteiger partial charge in [-0.15, -0.1) is 0 Å². The summed E-state index contributed by atoms with van der Waals surface area (Å²) in [6, 6.07) is 16.5. The first-order valence-electron chi connectivity index (χ1n) is 9.11. The maximum atomic E-state index is 12.5. The maximum Gasteiger partial charge on any atom is 0.255 e. The Hall–Kier alpha value is -3.42. The van der Waals surface area contributed by atoms with Gasteiger partial charge in [0.05, 0.1) is 6.20 Å². The number of aliphatic hydroxyl groups is 1. The summed E-state index contributed by atoms with van der Waals surface area (Å²) >= 11 is 0. The number of hydrogen-bond donors (Lipinski definition) is 3. The van der Waals surface area contributed by atoms with Gasteiger partial charge in [-0.2, -0.15) is 0 Å². The van der Waals surface area contributed by atoms with Gasteiger partial charge in [-0.05, 0) is 48.0 Å². The topological polar surface area (TPSA) is 101 Å². The molecule has 3 aromatic rings. The number of pyridine rings is 1. The second-order valence-corrected chi connectivity index (χ2v) is 6.78. The molecular formula is C22H24N4O3. The van der Waals surface area contributed by atoms with Crippen LogP contribution in [0.15, 0.2) is 67.0 Å². The minimum Gasteiger partial charge on any atom is -0.487 e. The Morgan fingerprint density at radius 1 is 1.17 bits per heavy atom. The monoisotopic (exact) mass is 392 g/mol. The Balaban J connectivity index is 1.63. The van der Waals surface area contributed by atoms with Crippen molar-refractivity contribution in [2.45, 2.75) is 12.8 Å². The minimum absolute atomic E-state index is 0.179. The van der Waals surface area contributed by atoms with Crippen molar-refractivity contribution < 1.29 is 14.6 Å². The number of nitrogens with one attached hydrogen (secondary N) is 1. The third-order valence-electron chi connectivity index (χ3n) is 4.31. The summed E-state index contributed by atoms with van der Waals surface area (Å²) < 4.78 is 5.72. The average Bonchev–Trinajstić information content (AvgIpc) is 2.73.